The Morgan fingerprint density at radius 3 is 2.76 bits per heavy atom. The van der Waals surface area contributed by atoms with Crippen molar-refractivity contribution in [3.8, 4) is 6.07 Å². The Labute approximate surface area is 179 Å². The highest BCUT2D eigenvalue weighted by Gasteiger charge is 2.28. The van der Waals surface area contributed by atoms with Crippen molar-refractivity contribution in [2.24, 2.45) is 5.92 Å². The molecular weight excluding hydrogens is 408 g/mol. The quantitative estimate of drug-likeness (QED) is 0.757. The average Bonchev–Trinajstić information content (AvgIpc) is 2.76. The Kier molecular flexibility index (Phi) is 7.50. The van der Waals surface area contributed by atoms with Crippen molar-refractivity contribution < 1.29 is 9.59 Å². The van der Waals surface area contributed by atoms with Gasteiger partial charge in [0.1, 0.15) is 5.82 Å². The van der Waals surface area contributed by atoms with Gasteiger partial charge < -0.3 is 10.2 Å². The molecule has 1 fully saturated rings. The summed E-state index contributed by atoms with van der Waals surface area (Å²) < 4.78 is 0. The van der Waals surface area contributed by atoms with E-state index >= 15 is 0 Å². The number of benzene rings is 1. The number of rotatable bonds is 6. The van der Waals surface area contributed by atoms with Crippen molar-refractivity contribution in [2.75, 3.05) is 24.2 Å². The molecule has 29 heavy (non-hydrogen) atoms. The molecule has 1 unspecified atom stereocenters. The number of thioether (sulfide) groups is 1. The molecule has 0 bridgehead atoms. The van der Waals surface area contributed by atoms with E-state index in [1.165, 1.54) is 18.0 Å². The highest BCUT2D eigenvalue weighted by atomic mass is 35.5. The van der Waals surface area contributed by atoms with Crippen molar-refractivity contribution in [3.63, 3.8) is 0 Å². The molecule has 0 spiro atoms. The number of carbonyl (C=O) groups is 2. The molecule has 1 atom stereocenters. The van der Waals surface area contributed by atoms with E-state index in [-0.39, 0.29) is 17.7 Å². The number of pyridine rings is 1. The van der Waals surface area contributed by atoms with Gasteiger partial charge in [0.25, 0.3) is 0 Å². The topological polar surface area (TPSA) is 86.1 Å². The van der Waals surface area contributed by atoms with E-state index in [0.29, 0.717) is 41.0 Å². The summed E-state index contributed by atoms with van der Waals surface area (Å²) in [6.07, 6.45) is 3.04. The minimum Gasteiger partial charge on any atom is -0.341 e. The van der Waals surface area contributed by atoms with Crippen molar-refractivity contribution >= 4 is 41.0 Å². The van der Waals surface area contributed by atoms with Gasteiger partial charge in [0.05, 0.1) is 28.3 Å². The first kappa shape index (κ1) is 21.2. The number of likely N-dealkylation sites (tertiary alicyclic amines) is 1. The second-order valence-electron chi connectivity index (χ2n) is 6.83. The standard InChI is InChI=1S/C21H21ClN4O2S/c22-18-7-8-19(24-11-18)25-21(28)17-2-1-9-26(12-17)20(27)14-29-13-16-5-3-15(10-23)4-6-16/h3-8,11,17H,1-2,9,12-14H2,(H,24,25,28). The SMILES string of the molecule is N#Cc1ccc(CSCC(=O)N2CCCC(C(=O)Nc3ccc(Cl)cn3)C2)cc1. The molecular formula is C21H21ClN4O2S. The number of amides is 2. The van der Waals surface area contributed by atoms with Crippen molar-refractivity contribution in [2.45, 2.75) is 18.6 Å². The van der Waals surface area contributed by atoms with Crippen molar-refractivity contribution in [1.82, 2.24) is 9.88 Å². The minimum atomic E-state index is -0.242. The van der Waals surface area contributed by atoms with E-state index < -0.39 is 0 Å². The maximum Gasteiger partial charge on any atom is 0.232 e. The molecule has 0 radical (unpaired) electrons. The lowest BCUT2D eigenvalue weighted by atomic mass is 9.97. The van der Waals surface area contributed by atoms with Gasteiger partial charge in [0.2, 0.25) is 11.8 Å². The number of hydrogen-bond acceptors (Lipinski definition) is 5. The van der Waals surface area contributed by atoms with Gasteiger partial charge in [-0.3, -0.25) is 9.59 Å². The third-order valence-electron chi connectivity index (χ3n) is 4.70. The first-order valence-electron chi connectivity index (χ1n) is 9.32. The number of halogens is 1. The van der Waals surface area contributed by atoms with Gasteiger partial charge in [0.15, 0.2) is 0 Å². The molecule has 1 aromatic carbocycles. The van der Waals surface area contributed by atoms with Gasteiger partial charge in [-0.05, 0) is 42.7 Å². The summed E-state index contributed by atoms with van der Waals surface area (Å²) in [4.78, 5) is 30.9. The van der Waals surface area contributed by atoms with Gasteiger partial charge in [-0.2, -0.15) is 5.26 Å². The predicted molar refractivity (Wildman–Crippen MR) is 114 cm³/mol. The first-order chi connectivity index (χ1) is 14.0. The molecule has 1 aliphatic rings. The van der Waals surface area contributed by atoms with Crippen LogP contribution in [-0.2, 0) is 15.3 Å². The van der Waals surface area contributed by atoms with E-state index in [9.17, 15) is 9.59 Å². The van der Waals surface area contributed by atoms with Crippen LogP contribution in [0.4, 0.5) is 5.82 Å². The lowest BCUT2D eigenvalue weighted by Gasteiger charge is -2.32. The normalized spacial score (nSPS) is 16.1. The molecule has 1 aliphatic heterocycles. The fourth-order valence-electron chi connectivity index (χ4n) is 3.12. The Hall–Kier alpha value is -2.56. The van der Waals surface area contributed by atoms with Crippen LogP contribution in [0, 0.1) is 17.2 Å². The number of piperidine rings is 1. The lowest BCUT2D eigenvalue weighted by Crippen LogP contribution is -2.44. The lowest BCUT2D eigenvalue weighted by molar-refractivity contribution is -0.132. The molecule has 2 aromatic rings. The second-order valence-corrected chi connectivity index (χ2v) is 8.25. The Morgan fingerprint density at radius 2 is 2.07 bits per heavy atom. The van der Waals surface area contributed by atoms with Crippen LogP contribution in [0.25, 0.3) is 0 Å². The molecule has 1 aromatic heterocycles. The Morgan fingerprint density at radius 1 is 1.28 bits per heavy atom. The van der Waals surface area contributed by atoms with Crippen LogP contribution >= 0.6 is 23.4 Å². The molecule has 0 saturated carbocycles. The summed E-state index contributed by atoms with van der Waals surface area (Å²) in [5, 5.41) is 12.1. The summed E-state index contributed by atoms with van der Waals surface area (Å²) >= 11 is 7.35. The fourth-order valence-corrected chi connectivity index (χ4v) is 4.12. The monoisotopic (exact) mass is 428 g/mol. The number of nitrogens with zero attached hydrogens (tertiary/aromatic N) is 3. The summed E-state index contributed by atoms with van der Waals surface area (Å²) in [6, 6.07) is 12.8. The third-order valence-corrected chi connectivity index (χ3v) is 5.91. The number of aromatic nitrogens is 1. The maximum atomic E-state index is 12.6. The van der Waals surface area contributed by atoms with Crippen LogP contribution < -0.4 is 5.32 Å². The number of hydrogen-bond donors (Lipinski definition) is 1. The van der Waals surface area contributed by atoms with Crippen LogP contribution in [0.15, 0.2) is 42.6 Å². The summed E-state index contributed by atoms with van der Waals surface area (Å²) in [7, 11) is 0. The van der Waals surface area contributed by atoms with E-state index in [0.717, 1.165) is 18.4 Å². The van der Waals surface area contributed by atoms with Gasteiger partial charge in [0, 0.05) is 25.0 Å². The minimum absolute atomic E-state index is 0.0470. The Bertz CT molecular complexity index is 896. The average molecular weight is 429 g/mol. The summed E-state index contributed by atoms with van der Waals surface area (Å²) in [6.45, 7) is 1.11. The van der Waals surface area contributed by atoms with Crippen LogP contribution in [-0.4, -0.2) is 40.5 Å². The molecule has 2 heterocycles. The van der Waals surface area contributed by atoms with E-state index in [1.54, 1.807) is 29.2 Å². The van der Waals surface area contributed by atoms with Gasteiger partial charge >= 0.3 is 0 Å². The van der Waals surface area contributed by atoms with Crippen LogP contribution in [0.3, 0.4) is 0 Å². The molecule has 6 nitrogen and oxygen atoms in total. The third kappa shape index (κ3) is 6.21. The second kappa shape index (κ2) is 10.3. The molecule has 3 rings (SSSR count). The fraction of sp³-hybridized carbons (Fsp3) is 0.333. The number of carbonyl (C=O) groups excluding carboxylic acids is 2. The molecule has 8 heteroatoms. The van der Waals surface area contributed by atoms with Crippen molar-refractivity contribution in [1.29, 1.82) is 5.26 Å². The number of nitrogens with one attached hydrogen (secondary N) is 1. The van der Waals surface area contributed by atoms with E-state index in [1.807, 2.05) is 12.1 Å². The highest BCUT2D eigenvalue weighted by Crippen LogP contribution is 2.21. The number of nitriles is 1. The molecule has 1 N–H and O–H groups in total. The van der Waals surface area contributed by atoms with Crippen molar-refractivity contribution in [3.05, 3.63) is 58.7 Å². The Balaban J connectivity index is 1.46. The summed E-state index contributed by atoms with van der Waals surface area (Å²) in [5.41, 5.74) is 1.70. The molecule has 150 valence electrons. The van der Waals surface area contributed by atoms with Gasteiger partial charge in [-0.1, -0.05) is 23.7 Å². The summed E-state index contributed by atoms with van der Waals surface area (Å²) in [5.74, 6) is 1.22. The van der Waals surface area contributed by atoms with Crippen LogP contribution in [0.2, 0.25) is 5.02 Å². The highest BCUT2D eigenvalue weighted by molar-refractivity contribution is 7.99. The molecule has 2 amide bonds. The molecule has 1 saturated heterocycles. The molecule has 0 aliphatic carbocycles. The van der Waals surface area contributed by atoms with E-state index in [2.05, 4.69) is 16.4 Å². The zero-order chi connectivity index (χ0) is 20.6. The van der Waals surface area contributed by atoms with Gasteiger partial charge in [-0.25, -0.2) is 4.98 Å². The van der Waals surface area contributed by atoms with Gasteiger partial charge in [-0.15, -0.1) is 11.8 Å². The van der Waals surface area contributed by atoms with E-state index in [4.69, 9.17) is 16.9 Å². The van der Waals surface area contributed by atoms with Crippen LogP contribution in [0.5, 0.6) is 0 Å². The first-order valence-corrected chi connectivity index (χ1v) is 10.9. The number of anilines is 1. The van der Waals surface area contributed by atoms with Crippen LogP contribution in [0.1, 0.15) is 24.0 Å². The smallest absolute Gasteiger partial charge is 0.232 e. The zero-order valence-corrected chi connectivity index (χ0v) is 17.4. The predicted octanol–water partition coefficient (Wildman–Crippen LogP) is 3.72. The maximum absolute atomic E-state index is 12.6. The largest absolute Gasteiger partial charge is 0.341 e. The zero-order valence-electron chi connectivity index (χ0n) is 15.8.